The number of nitrogens with zero attached hydrogens (tertiary/aromatic N) is 1. The highest BCUT2D eigenvalue weighted by molar-refractivity contribution is 7.77. The fraction of sp³-hybridized carbons (Fsp3) is 1.00. The predicted octanol–water partition coefficient (Wildman–Crippen LogP) is 1.12. The molecule has 5 heteroatoms. The molecule has 0 aromatic carbocycles. The number of halogens is 3. The molecule has 0 unspecified atom stereocenters. The quantitative estimate of drug-likeness (QED) is 0.482. The van der Waals surface area contributed by atoms with E-state index in [2.05, 4.69) is 12.8 Å². The lowest BCUT2D eigenvalue weighted by Gasteiger charge is -1.86. The standard InChI is InChI=1S/C2H6NS.3FH/c1-3(2)4;;;/h1-2H3;3*1H. The van der Waals surface area contributed by atoms with Gasteiger partial charge in [0.1, 0.15) is 0 Å². The SMILES string of the molecule is CN(C)[S].F.F.F. The molecule has 0 aromatic rings. The summed E-state index contributed by atoms with van der Waals surface area (Å²) in [4.78, 5) is 0. The summed E-state index contributed by atoms with van der Waals surface area (Å²) in [5.74, 6) is 0. The summed E-state index contributed by atoms with van der Waals surface area (Å²) in [6.45, 7) is 0. The molecule has 0 amide bonds. The molecule has 1 nitrogen and oxygen atoms in total. The van der Waals surface area contributed by atoms with Gasteiger partial charge in [0.05, 0.1) is 0 Å². The van der Waals surface area contributed by atoms with Gasteiger partial charge < -0.3 is 0 Å². The van der Waals surface area contributed by atoms with Crippen LogP contribution in [-0.2, 0) is 0 Å². The lowest BCUT2D eigenvalue weighted by molar-refractivity contribution is 0.714. The van der Waals surface area contributed by atoms with Gasteiger partial charge in [0.2, 0.25) is 0 Å². The molecule has 0 bridgehead atoms. The number of hydrogen-bond acceptors (Lipinski definition) is 1. The molecule has 0 aromatic heterocycles. The summed E-state index contributed by atoms with van der Waals surface area (Å²) < 4.78 is 1.58. The molecule has 0 atom stereocenters. The Morgan fingerprint density at radius 3 is 1.00 bits per heavy atom. The Bertz CT molecular complexity index is 17.7. The van der Waals surface area contributed by atoms with Crippen molar-refractivity contribution in [2.45, 2.75) is 0 Å². The van der Waals surface area contributed by atoms with E-state index < -0.39 is 0 Å². The first-order chi connectivity index (χ1) is 1.73. The fourth-order valence-corrected chi connectivity index (χ4v) is 0. The minimum Gasteiger partial charge on any atom is -0.269 e. The predicted molar refractivity (Wildman–Crippen MR) is 28.8 cm³/mol. The summed E-state index contributed by atoms with van der Waals surface area (Å²) >= 11 is 4.45. The van der Waals surface area contributed by atoms with E-state index in [1.54, 1.807) is 4.31 Å². The maximum absolute atomic E-state index is 4.45. The van der Waals surface area contributed by atoms with E-state index in [-0.39, 0.29) is 14.1 Å². The maximum Gasteiger partial charge on any atom is 0.00782 e. The van der Waals surface area contributed by atoms with Crippen molar-refractivity contribution in [1.29, 1.82) is 0 Å². The second-order valence-electron chi connectivity index (χ2n) is 0.812. The molecule has 0 rings (SSSR count). The average Bonchev–Trinajstić information content (AvgIpc) is 0.811. The van der Waals surface area contributed by atoms with Crippen LogP contribution in [0.25, 0.3) is 0 Å². The topological polar surface area (TPSA) is 3.24 Å². The monoisotopic (exact) mass is 136 g/mol. The molecule has 0 heterocycles. The molecule has 0 saturated carbocycles. The third-order valence-corrected chi connectivity index (χ3v) is 0. The van der Waals surface area contributed by atoms with E-state index in [1.807, 2.05) is 14.1 Å². The van der Waals surface area contributed by atoms with Crippen LogP contribution >= 0.6 is 12.8 Å². The molecule has 0 spiro atoms. The van der Waals surface area contributed by atoms with Gasteiger partial charge in [-0.15, -0.1) is 0 Å². The summed E-state index contributed by atoms with van der Waals surface area (Å²) in [7, 11) is 3.63. The molecule has 0 N–H and O–H groups in total. The van der Waals surface area contributed by atoms with Crippen molar-refractivity contribution in [1.82, 2.24) is 4.31 Å². The Labute approximate surface area is 46.3 Å². The van der Waals surface area contributed by atoms with E-state index in [4.69, 9.17) is 0 Å². The van der Waals surface area contributed by atoms with E-state index in [9.17, 15) is 0 Å². The Morgan fingerprint density at radius 2 is 1.00 bits per heavy atom. The average molecular weight is 136 g/mol. The summed E-state index contributed by atoms with van der Waals surface area (Å²) in [5, 5.41) is 0. The minimum atomic E-state index is 0. The van der Waals surface area contributed by atoms with Gasteiger partial charge >= 0.3 is 0 Å². The van der Waals surface area contributed by atoms with E-state index in [1.165, 1.54) is 0 Å². The lowest BCUT2D eigenvalue weighted by Crippen LogP contribution is -1.89. The van der Waals surface area contributed by atoms with Crippen molar-refractivity contribution in [2.24, 2.45) is 0 Å². The fourth-order valence-electron chi connectivity index (χ4n) is 0. The molecule has 0 aliphatic heterocycles. The van der Waals surface area contributed by atoms with Crippen LogP contribution in [0.3, 0.4) is 0 Å². The number of hydrogen-bond donors (Lipinski definition) is 0. The minimum absolute atomic E-state index is 0. The van der Waals surface area contributed by atoms with Crippen LogP contribution < -0.4 is 0 Å². The molecule has 49 valence electrons. The molecule has 7 heavy (non-hydrogen) atoms. The van der Waals surface area contributed by atoms with E-state index in [0.717, 1.165) is 0 Å². The molecule has 1 radical (unpaired) electrons. The first-order valence-corrected chi connectivity index (χ1v) is 1.44. The van der Waals surface area contributed by atoms with Crippen molar-refractivity contribution < 1.29 is 14.1 Å². The molecule has 0 aliphatic rings. The van der Waals surface area contributed by atoms with Gasteiger partial charge in [0.15, 0.2) is 0 Å². The van der Waals surface area contributed by atoms with Gasteiger partial charge in [-0.2, -0.15) is 0 Å². The van der Waals surface area contributed by atoms with Crippen LogP contribution in [0.15, 0.2) is 0 Å². The highest BCUT2D eigenvalue weighted by atomic mass is 32.1. The molecule has 0 aliphatic carbocycles. The van der Waals surface area contributed by atoms with Crippen molar-refractivity contribution in [3.8, 4) is 0 Å². The number of rotatable bonds is 0. The normalized spacial score (nSPS) is 5.14. The summed E-state index contributed by atoms with van der Waals surface area (Å²) in [5.41, 5.74) is 0. The van der Waals surface area contributed by atoms with Crippen molar-refractivity contribution in [3.63, 3.8) is 0 Å². The van der Waals surface area contributed by atoms with Crippen molar-refractivity contribution in [3.05, 3.63) is 0 Å². The summed E-state index contributed by atoms with van der Waals surface area (Å²) in [6, 6.07) is 0. The molecule has 0 fully saturated rings. The smallest absolute Gasteiger partial charge is 0.00782 e. The van der Waals surface area contributed by atoms with E-state index >= 15 is 0 Å². The third-order valence-electron chi connectivity index (χ3n) is 0. The first-order valence-electron chi connectivity index (χ1n) is 1.08. The Balaban J connectivity index is -0.0000000150. The Hall–Kier alpha value is 0.100. The zero-order valence-electron chi connectivity index (χ0n) is 4.08. The highest BCUT2D eigenvalue weighted by Crippen LogP contribution is 1.69. The third kappa shape index (κ3) is 10300. The maximum atomic E-state index is 4.45. The van der Waals surface area contributed by atoms with Gasteiger partial charge in [-0.1, -0.05) is 0 Å². The van der Waals surface area contributed by atoms with Gasteiger partial charge in [-0.3, -0.25) is 14.1 Å². The van der Waals surface area contributed by atoms with Gasteiger partial charge in [0.25, 0.3) is 0 Å². The molecule has 0 saturated heterocycles. The Kier molecular flexibility index (Phi) is 64.8. The van der Waals surface area contributed by atoms with Crippen LogP contribution in [-0.4, -0.2) is 18.4 Å². The van der Waals surface area contributed by atoms with Crippen LogP contribution in [0.1, 0.15) is 0 Å². The second-order valence-corrected chi connectivity index (χ2v) is 1.54. The zero-order valence-corrected chi connectivity index (χ0v) is 4.90. The van der Waals surface area contributed by atoms with Gasteiger partial charge in [-0.25, -0.2) is 4.31 Å². The largest absolute Gasteiger partial charge is 0.269 e. The van der Waals surface area contributed by atoms with Crippen molar-refractivity contribution >= 4 is 12.8 Å². The summed E-state index contributed by atoms with van der Waals surface area (Å²) in [6.07, 6.45) is 0. The second kappa shape index (κ2) is 16.5. The van der Waals surface area contributed by atoms with Crippen molar-refractivity contribution in [2.75, 3.05) is 14.1 Å². The molecular formula is C2H9F3NS. The van der Waals surface area contributed by atoms with Crippen LogP contribution in [0.4, 0.5) is 14.1 Å². The van der Waals surface area contributed by atoms with Crippen LogP contribution in [0.2, 0.25) is 0 Å². The van der Waals surface area contributed by atoms with Crippen LogP contribution in [0, 0.1) is 0 Å². The zero-order chi connectivity index (χ0) is 3.58. The Morgan fingerprint density at radius 1 is 1.00 bits per heavy atom. The van der Waals surface area contributed by atoms with Gasteiger partial charge in [-0.05, 0) is 14.1 Å². The lowest BCUT2D eigenvalue weighted by atomic mass is 11.3. The first kappa shape index (κ1) is 27.5. The highest BCUT2D eigenvalue weighted by Gasteiger charge is 1.62. The van der Waals surface area contributed by atoms with Gasteiger partial charge in [0, 0.05) is 12.8 Å². The molecular weight excluding hydrogens is 127 g/mol. The van der Waals surface area contributed by atoms with Crippen LogP contribution in [0.5, 0.6) is 0 Å². The van der Waals surface area contributed by atoms with E-state index in [0.29, 0.717) is 0 Å².